The summed E-state index contributed by atoms with van der Waals surface area (Å²) < 4.78 is 5.22. The molecule has 0 radical (unpaired) electrons. The fourth-order valence-corrected chi connectivity index (χ4v) is 2.19. The molecule has 0 saturated heterocycles. The van der Waals surface area contributed by atoms with Crippen LogP contribution in [-0.2, 0) is 11.2 Å². The quantitative estimate of drug-likeness (QED) is 0.559. The first-order chi connectivity index (χ1) is 12.3. The third-order valence-electron chi connectivity index (χ3n) is 3.33. The molecule has 2 aromatic carbocycles. The van der Waals surface area contributed by atoms with Crippen molar-refractivity contribution in [2.24, 2.45) is 10.7 Å². The molecule has 6 nitrogen and oxygen atoms in total. The molecule has 0 bridgehead atoms. The highest BCUT2D eigenvalue weighted by Crippen LogP contribution is 2.13. The van der Waals surface area contributed by atoms with Crippen LogP contribution in [0.4, 0.5) is 16.2 Å². The van der Waals surface area contributed by atoms with Crippen LogP contribution in [0.3, 0.4) is 0 Å². The first-order valence-corrected chi connectivity index (χ1v) is 8.53. The van der Waals surface area contributed by atoms with Crippen LogP contribution in [0.15, 0.2) is 59.6 Å². The van der Waals surface area contributed by atoms with Gasteiger partial charge in [-0.2, -0.15) is 0 Å². The highest BCUT2D eigenvalue weighted by Gasteiger charge is 2.15. The highest BCUT2D eigenvalue weighted by molar-refractivity contribution is 5.92. The van der Waals surface area contributed by atoms with Crippen molar-refractivity contribution >= 4 is 23.4 Å². The number of guanidine groups is 1. The fourth-order valence-electron chi connectivity index (χ4n) is 2.19. The minimum Gasteiger partial charge on any atom is -0.444 e. The first kappa shape index (κ1) is 19.3. The van der Waals surface area contributed by atoms with Gasteiger partial charge in [0.05, 0.1) is 0 Å². The van der Waals surface area contributed by atoms with Gasteiger partial charge in [-0.05, 0) is 57.0 Å². The topological polar surface area (TPSA) is 88.7 Å². The molecule has 4 N–H and O–H groups in total. The Bertz CT molecular complexity index is 735. The van der Waals surface area contributed by atoms with Crippen molar-refractivity contribution in [3.63, 3.8) is 0 Å². The predicted molar refractivity (Wildman–Crippen MR) is 107 cm³/mol. The number of aliphatic imine (C=N–C) groups is 1. The molecule has 0 saturated carbocycles. The Balaban J connectivity index is 1.80. The van der Waals surface area contributed by atoms with Crippen LogP contribution < -0.4 is 16.4 Å². The van der Waals surface area contributed by atoms with Crippen LogP contribution in [0.1, 0.15) is 26.3 Å². The lowest BCUT2D eigenvalue weighted by molar-refractivity contribution is 0.0636. The van der Waals surface area contributed by atoms with Crippen LogP contribution in [0, 0.1) is 0 Å². The maximum atomic E-state index is 11.7. The van der Waals surface area contributed by atoms with Crippen molar-refractivity contribution in [3.8, 4) is 0 Å². The van der Waals surface area contributed by atoms with E-state index in [0.717, 1.165) is 17.7 Å². The second-order valence-electron chi connectivity index (χ2n) is 6.83. The number of hydrogen-bond donors (Lipinski definition) is 3. The van der Waals surface area contributed by atoms with Gasteiger partial charge in [-0.3, -0.25) is 10.3 Å². The molecule has 0 aliphatic rings. The molecule has 138 valence electrons. The summed E-state index contributed by atoms with van der Waals surface area (Å²) in [6, 6.07) is 17.2. The fraction of sp³-hybridized carbons (Fsp3) is 0.300. The highest BCUT2D eigenvalue weighted by atomic mass is 16.6. The molecule has 0 unspecified atom stereocenters. The molecule has 1 amide bonds. The average Bonchev–Trinajstić information content (AvgIpc) is 2.55. The van der Waals surface area contributed by atoms with E-state index in [9.17, 15) is 4.79 Å². The maximum absolute atomic E-state index is 11.7. The molecule has 0 heterocycles. The molecule has 0 atom stereocenters. The Labute approximate surface area is 154 Å². The van der Waals surface area contributed by atoms with Crippen molar-refractivity contribution in [2.75, 3.05) is 17.2 Å². The number of nitrogens with zero attached hydrogens (tertiary/aromatic N) is 1. The number of benzene rings is 2. The Morgan fingerprint density at radius 3 is 2.23 bits per heavy atom. The monoisotopic (exact) mass is 354 g/mol. The summed E-state index contributed by atoms with van der Waals surface area (Å²) in [5.74, 6) is 0.388. The number of nitrogens with two attached hydrogens (primary N) is 1. The molecular formula is C20H26N4O2. The number of rotatable bonds is 5. The van der Waals surface area contributed by atoms with Crippen molar-refractivity contribution in [1.29, 1.82) is 0 Å². The van der Waals surface area contributed by atoms with E-state index in [1.165, 1.54) is 0 Å². The van der Waals surface area contributed by atoms with Crippen molar-refractivity contribution in [1.82, 2.24) is 0 Å². The van der Waals surface area contributed by atoms with E-state index in [1.54, 1.807) is 0 Å². The number of anilines is 2. The Kier molecular flexibility index (Phi) is 6.60. The van der Waals surface area contributed by atoms with E-state index < -0.39 is 11.7 Å². The number of para-hydroxylation sites is 1. The van der Waals surface area contributed by atoms with Gasteiger partial charge in [-0.15, -0.1) is 0 Å². The summed E-state index contributed by atoms with van der Waals surface area (Å²) >= 11 is 0. The molecule has 2 rings (SSSR count). The normalized spacial score (nSPS) is 11.7. The molecule has 0 spiro atoms. The van der Waals surface area contributed by atoms with Gasteiger partial charge in [0, 0.05) is 17.9 Å². The van der Waals surface area contributed by atoms with Crippen molar-refractivity contribution in [2.45, 2.75) is 32.8 Å². The molecule has 0 fully saturated rings. The lowest BCUT2D eigenvalue weighted by Crippen LogP contribution is -2.27. The number of nitrogens with one attached hydrogen (secondary N) is 2. The predicted octanol–water partition coefficient (Wildman–Crippen LogP) is 4.00. The number of amides is 1. The third-order valence-corrected chi connectivity index (χ3v) is 3.33. The number of carbonyl (C=O) groups excluding carboxylic acids is 1. The van der Waals surface area contributed by atoms with Gasteiger partial charge in [0.2, 0.25) is 0 Å². The van der Waals surface area contributed by atoms with Gasteiger partial charge in [0.1, 0.15) is 5.60 Å². The van der Waals surface area contributed by atoms with Crippen LogP contribution in [-0.4, -0.2) is 24.2 Å². The summed E-state index contributed by atoms with van der Waals surface area (Å²) in [5, 5.41) is 5.75. The summed E-state index contributed by atoms with van der Waals surface area (Å²) in [6.07, 6.45) is 0.291. The molecule has 0 aromatic heterocycles. The molecular weight excluding hydrogens is 328 g/mol. The smallest absolute Gasteiger partial charge is 0.412 e. The maximum Gasteiger partial charge on any atom is 0.412 e. The largest absolute Gasteiger partial charge is 0.444 e. The van der Waals surface area contributed by atoms with E-state index in [4.69, 9.17) is 10.5 Å². The molecule has 0 aliphatic heterocycles. The van der Waals surface area contributed by atoms with Crippen LogP contribution in [0.5, 0.6) is 0 Å². The summed E-state index contributed by atoms with van der Waals surface area (Å²) in [7, 11) is 0. The molecule has 2 aromatic rings. The van der Waals surface area contributed by atoms with E-state index in [1.807, 2.05) is 75.4 Å². The second kappa shape index (κ2) is 8.89. The summed E-state index contributed by atoms with van der Waals surface area (Å²) in [6.45, 7) is 6.06. The number of ether oxygens (including phenoxy) is 1. The number of hydrogen-bond acceptors (Lipinski definition) is 3. The summed E-state index contributed by atoms with van der Waals surface area (Å²) in [4.78, 5) is 16.1. The lowest BCUT2D eigenvalue weighted by atomic mass is 10.1. The van der Waals surface area contributed by atoms with Gasteiger partial charge in [0.15, 0.2) is 5.96 Å². The van der Waals surface area contributed by atoms with E-state index in [0.29, 0.717) is 18.2 Å². The Morgan fingerprint density at radius 2 is 1.62 bits per heavy atom. The molecule has 6 heteroatoms. The third kappa shape index (κ3) is 7.25. The average molecular weight is 354 g/mol. The summed E-state index contributed by atoms with van der Waals surface area (Å²) in [5.41, 5.74) is 8.07. The Hall–Kier alpha value is -3.02. The second-order valence-corrected chi connectivity index (χ2v) is 6.83. The molecule has 26 heavy (non-hydrogen) atoms. The Morgan fingerprint density at radius 1 is 1.00 bits per heavy atom. The molecule has 0 aliphatic carbocycles. The van der Waals surface area contributed by atoms with Gasteiger partial charge < -0.3 is 15.8 Å². The SMILES string of the molecule is CC(C)(C)OC(=O)Nc1ccc(CCN=C(N)Nc2ccccc2)cc1. The van der Waals surface area contributed by atoms with Gasteiger partial charge in [-0.25, -0.2) is 4.79 Å². The minimum absolute atomic E-state index is 0.388. The zero-order valence-corrected chi connectivity index (χ0v) is 15.5. The van der Waals surface area contributed by atoms with Gasteiger partial charge in [0.25, 0.3) is 0 Å². The van der Waals surface area contributed by atoms with E-state index in [2.05, 4.69) is 15.6 Å². The standard InChI is InChI=1S/C20H26N4O2/c1-20(2,3)26-19(25)24-17-11-9-15(10-12-17)13-14-22-18(21)23-16-7-5-4-6-8-16/h4-12H,13-14H2,1-3H3,(H,24,25)(H3,21,22,23). The van der Waals surface area contributed by atoms with Gasteiger partial charge in [-0.1, -0.05) is 30.3 Å². The van der Waals surface area contributed by atoms with Crippen LogP contribution in [0.25, 0.3) is 0 Å². The van der Waals surface area contributed by atoms with E-state index in [-0.39, 0.29) is 0 Å². The van der Waals surface area contributed by atoms with Crippen molar-refractivity contribution < 1.29 is 9.53 Å². The zero-order valence-electron chi connectivity index (χ0n) is 15.5. The van der Waals surface area contributed by atoms with E-state index >= 15 is 0 Å². The van der Waals surface area contributed by atoms with Crippen molar-refractivity contribution in [3.05, 3.63) is 60.2 Å². The minimum atomic E-state index is -0.518. The zero-order chi connectivity index (χ0) is 19.0. The first-order valence-electron chi connectivity index (χ1n) is 8.53. The van der Waals surface area contributed by atoms with Crippen LogP contribution in [0.2, 0.25) is 0 Å². The van der Waals surface area contributed by atoms with Gasteiger partial charge >= 0.3 is 6.09 Å². The lowest BCUT2D eigenvalue weighted by Gasteiger charge is -2.19. The number of carbonyl (C=O) groups is 1. The van der Waals surface area contributed by atoms with Crippen LogP contribution >= 0.6 is 0 Å².